The van der Waals surface area contributed by atoms with Gasteiger partial charge in [-0.05, 0) is 39.3 Å². The van der Waals surface area contributed by atoms with Gasteiger partial charge in [0, 0.05) is 18.2 Å². The molecule has 1 fully saturated rings. The van der Waals surface area contributed by atoms with Crippen LogP contribution in [0.4, 0.5) is 15.4 Å². The molecular formula is C16H23N3O5. The molecule has 24 heavy (non-hydrogen) atoms. The molecule has 0 spiro atoms. The number of ether oxygens (including phenoxy) is 1. The number of hydrogen-bond donors (Lipinski definition) is 3. The Morgan fingerprint density at radius 1 is 1.38 bits per heavy atom. The smallest absolute Gasteiger partial charge is 0.413 e. The Hall–Kier alpha value is -2.35. The Balaban J connectivity index is 1.98. The van der Waals surface area contributed by atoms with Crippen LogP contribution >= 0.6 is 0 Å². The minimum atomic E-state index is -1.04. The van der Waals surface area contributed by atoms with Crippen molar-refractivity contribution in [2.24, 2.45) is 5.92 Å². The maximum atomic E-state index is 11.8. The van der Waals surface area contributed by atoms with E-state index in [1.165, 1.54) is 4.90 Å². The van der Waals surface area contributed by atoms with Crippen LogP contribution in [0, 0.1) is 5.92 Å². The van der Waals surface area contributed by atoms with Crippen LogP contribution in [0.3, 0.4) is 0 Å². The number of carboxylic acid groups (broad SMARTS) is 1. The van der Waals surface area contributed by atoms with Crippen molar-refractivity contribution in [1.29, 1.82) is 0 Å². The Labute approximate surface area is 140 Å². The summed E-state index contributed by atoms with van der Waals surface area (Å²) in [6.07, 6.45) is -1.92. The summed E-state index contributed by atoms with van der Waals surface area (Å²) < 4.78 is 5.17. The highest BCUT2D eigenvalue weighted by atomic mass is 16.6. The van der Waals surface area contributed by atoms with Crippen LogP contribution in [-0.2, 0) is 11.2 Å². The molecule has 1 aromatic heterocycles. The lowest BCUT2D eigenvalue weighted by Crippen LogP contribution is -2.27. The van der Waals surface area contributed by atoms with Crippen LogP contribution in [0.15, 0.2) is 18.2 Å². The number of anilines is 1. The van der Waals surface area contributed by atoms with Gasteiger partial charge in [-0.3, -0.25) is 5.32 Å². The summed E-state index contributed by atoms with van der Waals surface area (Å²) in [5.74, 6) is 0.134. The molecule has 2 unspecified atom stereocenters. The highest BCUT2D eigenvalue weighted by Gasteiger charge is 2.34. The first kappa shape index (κ1) is 18.0. The van der Waals surface area contributed by atoms with E-state index in [2.05, 4.69) is 10.3 Å². The van der Waals surface area contributed by atoms with Gasteiger partial charge in [0.05, 0.1) is 12.6 Å². The number of aromatic nitrogens is 1. The summed E-state index contributed by atoms with van der Waals surface area (Å²) in [6, 6.07) is 5.16. The quantitative estimate of drug-likeness (QED) is 0.777. The Bertz CT molecular complexity index is 614. The molecule has 132 valence electrons. The molecule has 2 amide bonds. The van der Waals surface area contributed by atoms with Gasteiger partial charge in [0.2, 0.25) is 0 Å². The van der Waals surface area contributed by atoms with Crippen molar-refractivity contribution in [1.82, 2.24) is 9.88 Å². The molecule has 1 saturated heterocycles. The van der Waals surface area contributed by atoms with E-state index < -0.39 is 23.9 Å². The van der Waals surface area contributed by atoms with Gasteiger partial charge in [0.25, 0.3) is 0 Å². The molecule has 2 heterocycles. The topological polar surface area (TPSA) is 112 Å². The molecule has 8 heteroatoms. The van der Waals surface area contributed by atoms with E-state index in [1.54, 1.807) is 39.0 Å². The van der Waals surface area contributed by atoms with E-state index in [-0.39, 0.29) is 19.0 Å². The average molecular weight is 337 g/mol. The number of β-amino-alcohol motifs (C(OH)–C–C–N with tert-alkyl or cyclic N) is 1. The number of pyridine rings is 1. The first-order valence-electron chi connectivity index (χ1n) is 7.76. The van der Waals surface area contributed by atoms with Gasteiger partial charge in [-0.15, -0.1) is 0 Å². The Kier molecular flexibility index (Phi) is 5.28. The van der Waals surface area contributed by atoms with E-state index >= 15 is 0 Å². The van der Waals surface area contributed by atoms with Gasteiger partial charge in [-0.2, -0.15) is 0 Å². The molecule has 2 atom stereocenters. The second-order valence-corrected chi connectivity index (χ2v) is 6.86. The highest BCUT2D eigenvalue weighted by Crippen LogP contribution is 2.21. The zero-order valence-corrected chi connectivity index (χ0v) is 14.0. The van der Waals surface area contributed by atoms with E-state index in [0.717, 1.165) is 0 Å². The molecule has 1 aliphatic heterocycles. The van der Waals surface area contributed by atoms with Crippen molar-refractivity contribution < 1.29 is 24.5 Å². The third kappa shape index (κ3) is 5.09. The average Bonchev–Trinajstić information content (AvgIpc) is 2.78. The maximum Gasteiger partial charge on any atom is 0.413 e. The van der Waals surface area contributed by atoms with Gasteiger partial charge in [0.15, 0.2) is 0 Å². The van der Waals surface area contributed by atoms with E-state index in [1.807, 2.05) is 0 Å². The number of nitrogens with zero attached hydrogens (tertiary/aromatic N) is 2. The SMILES string of the molecule is CC(C)(C)OC(=O)Nc1cccc(CC2CN(C(=O)O)CC2O)n1. The van der Waals surface area contributed by atoms with Gasteiger partial charge in [0.1, 0.15) is 11.4 Å². The van der Waals surface area contributed by atoms with Crippen molar-refractivity contribution in [2.45, 2.75) is 38.9 Å². The highest BCUT2D eigenvalue weighted by molar-refractivity contribution is 5.83. The number of amides is 2. The largest absolute Gasteiger partial charge is 0.465 e. The lowest BCUT2D eigenvalue weighted by molar-refractivity contribution is 0.0635. The summed E-state index contributed by atoms with van der Waals surface area (Å²) in [7, 11) is 0. The van der Waals surface area contributed by atoms with Crippen LogP contribution < -0.4 is 5.32 Å². The zero-order chi connectivity index (χ0) is 17.9. The molecule has 0 saturated carbocycles. The number of likely N-dealkylation sites (tertiary alicyclic amines) is 1. The molecule has 8 nitrogen and oxygen atoms in total. The van der Waals surface area contributed by atoms with Crippen molar-refractivity contribution in [3.05, 3.63) is 23.9 Å². The van der Waals surface area contributed by atoms with Gasteiger partial charge < -0.3 is 19.8 Å². The van der Waals surface area contributed by atoms with Crippen molar-refractivity contribution in [3.8, 4) is 0 Å². The summed E-state index contributed by atoms with van der Waals surface area (Å²) in [5.41, 5.74) is 0.0653. The van der Waals surface area contributed by atoms with E-state index in [9.17, 15) is 14.7 Å². The fourth-order valence-corrected chi connectivity index (χ4v) is 2.55. The Morgan fingerprint density at radius 2 is 2.08 bits per heavy atom. The first-order valence-corrected chi connectivity index (χ1v) is 7.76. The molecule has 2 rings (SSSR count). The van der Waals surface area contributed by atoms with Gasteiger partial charge in [-0.25, -0.2) is 14.6 Å². The van der Waals surface area contributed by atoms with E-state index in [4.69, 9.17) is 9.84 Å². The second kappa shape index (κ2) is 7.04. The summed E-state index contributed by atoms with van der Waals surface area (Å²) in [5, 5.41) is 21.5. The molecule has 0 bridgehead atoms. The minimum absolute atomic E-state index is 0.107. The zero-order valence-electron chi connectivity index (χ0n) is 14.0. The molecule has 3 N–H and O–H groups in total. The van der Waals surface area contributed by atoms with Gasteiger partial charge >= 0.3 is 12.2 Å². The lowest BCUT2D eigenvalue weighted by Gasteiger charge is -2.19. The maximum absolute atomic E-state index is 11.8. The Morgan fingerprint density at radius 3 is 2.67 bits per heavy atom. The molecule has 0 aliphatic carbocycles. The number of carbonyl (C=O) groups excluding carboxylic acids is 1. The molecule has 1 aliphatic rings. The second-order valence-electron chi connectivity index (χ2n) is 6.86. The molecule has 0 radical (unpaired) electrons. The lowest BCUT2D eigenvalue weighted by atomic mass is 10.00. The number of hydrogen-bond acceptors (Lipinski definition) is 5. The van der Waals surface area contributed by atoms with Crippen LogP contribution in [0.2, 0.25) is 0 Å². The van der Waals surface area contributed by atoms with Crippen LogP contribution in [0.25, 0.3) is 0 Å². The van der Waals surface area contributed by atoms with Crippen LogP contribution in [0.1, 0.15) is 26.5 Å². The number of nitrogens with one attached hydrogen (secondary N) is 1. The standard InChI is InChI=1S/C16H23N3O5/c1-16(2,3)24-14(21)18-13-6-4-5-11(17-13)7-10-8-19(15(22)23)9-12(10)20/h4-6,10,12,20H,7-9H2,1-3H3,(H,22,23)(H,17,18,21). The summed E-state index contributed by atoms with van der Waals surface area (Å²) in [6.45, 7) is 5.68. The van der Waals surface area contributed by atoms with Crippen molar-refractivity contribution in [2.75, 3.05) is 18.4 Å². The van der Waals surface area contributed by atoms with E-state index in [0.29, 0.717) is 17.9 Å². The van der Waals surface area contributed by atoms with Crippen molar-refractivity contribution >= 4 is 18.0 Å². The number of carbonyl (C=O) groups is 2. The van der Waals surface area contributed by atoms with Crippen LogP contribution in [-0.4, -0.2) is 57.1 Å². The van der Waals surface area contributed by atoms with Gasteiger partial charge in [-0.1, -0.05) is 6.07 Å². The number of aliphatic hydroxyl groups excluding tert-OH is 1. The normalized spacial score (nSPS) is 20.8. The summed E-state index contributed by atoms with van der Waals surface area (Å²) in [4.78, 5) is 28.3. The molecule has 1 aromatic rings. The first-order chi connectivity index (χ1) is 11.1. The number of aliphatic hydroxyl groups is 1. The van der Waals surface area contributed by atoms with Crippen LogP contribution in [0.5, 0.6) is 0 Å². The summed E-state index contributed by atoms with van der Waals surface area (Å²) >= 11 is 0. The monoisotopic (exact) mass is 337 g/mol. The third-order valence-corrected chi connectivity index (χ3v) is 3.58. The molecular weight excluding hydrogens is 314 g/mol. The van der Waals surface area contributed by atoms with Crippen molar-refractivity contribution in [3.63, 3.8) is 0 Å². The fraction of sp³-hybridized carbons (Fsp3) is 0.562. The number of rotatable bonds is 3. The third-order valence-electron chi connectivity index (χ3n) is 3.58. The predicted octanol–water partition coefficient (Wildman–Crippen LogP) is 1.94. The molecule has 0 aromatic carbocycles. The fourth-order valence-electron chi connectivity index (χ4n) is 2.55. The predicted molar refractivity (Wildman–Crippen MR) is 86.9 cm³/mol. The minimum Gasteiger partial charge on any atom is -0.465 e.